The first-order valence-corrected chi connectivity index (χ1v) is 9.55. The van der Waals surface area contributed by atoms with Crippen molar-refractivity contribution in [2.45, 2.75) is 25.0 Å². The van der Waals surface area contributed by atoms with Gasteiger partial charge in [-0.15, -0.1) is 0 Å². The maximum Gasteiger partial charge on any atom is 0.290 e. The van der Waals surface area contributed by atoms with Crippen LogP contribution in [-0.4, -0.2) is 41.0 Å². The van der Waals surface area contributed by atoms with E-state index in [1.807, 2.05) is 24.3 Å². The van der Waals surface area contributed by atoms with Gasteiger partial charge in [0.1, 0.15) is 0 Å². The molecule has 0 radical (unpaired) electrons. The molecule has 1 amide bonds. The Hall–Kier alpha value is -2.38. The lowest BCUT2D eigenvalue weighted by Gasteiger charge is -2.28. The van der Waals surface area contributed by atoms with E-state index in [1.54, 1.807) is 6.07 Å². The van der Waals surface area contributed by atoms with E-state index in [0.717, 1.165) is 22.9 Å². The second-order valence-corrected chi connectivity index (χ2v) is 7.53. The number of aliphatic hydroxyl groups is 1. The summed E-state index contributed by atoms with van der Waals surface area (Å²) >= 11 is 3.40. The fraction of sp³-hybridized carbons (Fsp3) is 0.300. The first-order valence-electron chi connectivity index (χ1n) is 8.75. The Morgan fingerprint density at radius 3 is 2.67 bits per heavy atom. The SMILES string of the molecule is O=C(C1=C(O)C(=O)N(CC2CCCO2)C1c1ccc(Br)cc1)c1ccco1. The van der Waals surface area contributed by atoms with Gasteiger partial charge in [-0.05, 0) is 42.7 Å². The van der Waals surface area contributed by atoms with E-state index >= 15 is 0 Å². The lowest BCUT2D eigenvalue weighted by atomic mass is 9.95. The van der Waals surface area contributed by atoms with Gasteiger partial charge in [0.05, 0.1) is 24.0 Å². The van der Waals surface area contributed by atoms with Crippen LogP contribution in [0.3, 0.4) is 0 Å². The summed E-state index contributed by atoms with van der Waals surface area (Å²) in [7, 11) is 0. The third kappa shape index (κ3) is 3.33. The highest BCUT2D eigenvalue weighted by Gasteiger charge is 2.45. The van der Waals surface area contributed by atoms with Crippen molar-refractivity contribution < 1.29 is 23.8 Å². The summed E-state index contributed by atoms with van der Waals surface area (Å²) in [4.78, 5) is 27.3. The van der Waals surface area contributed by atoms with Crippen molar-refractivity contribution in [1.82, 2.24) is 4.90 Å². The van der Waals surface area contributed by atoms with Crippen molar-refractivity contribution in [3.05, 3.63) is 69.8 Å². The Morgan fingerprint density at radius 1 is 1.26 bits per heavy atom. The molecule has 4 rings (SSSR count). The van der Waals surface area contributed by atoms with E-state index in [0.29, 0.717) is 13.2 Å². The zero-order valence-electron chi connectivity index (χ0n) is 14.4. The van der Waals surface area contributed by atoms with Gasteiger partial charge < -0.3 is 19.2 Å². The number of carbonyl (C=O) groups is 2. The van der Waals surface area contributed by atoms with Crippen LogP contribution in [0.4, 0.5) is 0 Å². The summed E-state index contributed by atoms with van der Waals surface area (Å²) in [6.45, 7) is 0.978. The molecule has 1 aromatic heterocycles. The maximum atomic E-state index is 13.0. The molecule has 0 aliphatic carbocycles. The molecule has 140 valence electrons. The fourth-order valence-electron chi connectivity index (χ4n) is 3.61. The van der Waals surface area contributed by atoms with E-state index in [4.69, 9.17) is 9.15 Å². The molecule has 1 saturated heterocycles. The van der Waals surface area contributed by atoms with E-state index in [2.05, 4.69) is 15.9 Å². The number of ketones is 1. The molecule has 2 aliphatic rings. The van der Waals surface area contributed by atoms with Crippen LogP contribution in [0, 0.1) is 0 Å². The number of hydrogen-bond acceptors (Lipinski definition) is 5. The van der Waals surface area contributed by atoms with Crippen LogP contribution in [0.25, 0.3) is 0 Å². The van der Waals surface area contributed by atoms with Crippen LogP contribution in [0.5, 0.6) is 0 Å². The molecule has 27 heavy (non-hydrogen) atoms. The molecule has 1 aromatic carbocycles. The molecule has 2 unspecified atom stereocenters. The third-order valence-corrected chi connectivity index (χ3v) is 5.43. The monoisotopic (exact) mass is 431 g/mol. The van der Waals surface area contributed by atoms with Gasteiger partial charge in [0.25, 0.3) is 5.91 Å². The molecule has 7 heteroatoms. The molecule has 0 saturated carbocycles. The molecular weight excluding hydrogens is 414 g/mol. The number of aliphatic hydroxyl groups excluding tert-OH is 1. The number of ether oxygens (including phenoxy) is 1. The summed E-state index contributed by atoms with van der Waals surface area (Å²) < 4.78 is 11.8. The first-order chi connectivity index (χ1) is 13.1. The van der Waals surface area contributed by atoms with Crippen molar-refractivity contribution in [3.8, 4) is 0 Å². The highest BCUT2D eigenvalue weighted by molar-refractivity contribution is 9.10. The van der Waals surface area contributed by atoms with Crippen LogP contribution >= 0.6 is 15.9 Å². The van der Waals surface area contributed by atoms with Crippen molar-refractivity contribution in [1.29, 1.82) is 0 Å². The summed E-state index contributed by atoms with van der Waals surface area (Å²) in [5.41, 5.74) is 0.777. The molecule has 0 spiro atoms. The minimum Gasteiger partial charge on any atom is -0.503 e. The van der Waals surface area contributed by atoms with Gasteiger partial charge in [-0.3, -0.25) is 9.59 Å². The normalized spacial score (nSPS) is 22.7. The zero-order valence-corrected chi connectivity index (χ0v) is 16.0. The van der Waals surface area contributed by atoms with Gasteiger partial charge in [-0.2, -0.15) is 0 Å². The number of carbonyl (C=O) groups excluding carboxylic acids is 2. The van der Waals surface area contributed by atoms with Gasteiger partial charge >= 0.3 is 0 Å². The molecule has 1 N–H and O–H groups in total. The topological polar surface area (TPSA) is 80.0 Å². The Kier molecular flexibility index (Phi) is 4.88. The molecule has 3 heterocycles. The summed E-state index contributed by atoms with van der Waals surface area (Å²) in [6, 6.07) is 9.78. The number of benzene rings is 1. The van der Waals surface area contributed by atoms with Crippen molar-refractivity contribution in [2.75, 3.05) is 13.2 Å². The van der Waals surface area contributed by atoms with Gasteiger partial charge in [0, 0.05) is 17.6 Å². The Labute approximate surface area is 164 Å². The van der Waals surface area contributed by atoms with Crippen LogP contribution in [0.15, 0.2) is 62.9 Å². The Balaban J connectivity index is 1.75. The first kappa shape index (κ1) is 18.0. The van der Waals surface area contributed by atoms with E-state index in [9.17, 15) is 14.7 Å². The van der Waals surface area contributed by atoms with E-state index in [-0.39, 0.29) is 17.4 Å². The van der Waals surface area contributed by atoms with Crippen molar-refractivity contribution in [3.63, 3.8) is 0 Å². The minimum absolute atomic E-state index is 0.0373. The van der Waals surface area contributed by atoms with Crippen molar-refractivity contribution >= 4 is 27.6 Å². The van der Waals surface area contributed by atoms with Crippen LogP contribution in [0.1, 0.15) is 35.0 Å². The van der Waals surface area contributed by atoms with E-state index < -0.39 is 23.5 Å². The molecule has 6 nitrogen and oxygen atoms in total. The van der Waals surface area contributed by atoms with Gasteiger partial charge in [0.15, 0.2) is 11.5 Å². The summed E-state index contributed by atoms with van der Waals surface area (Å²) in [5.74, 6) is -1.49. The molecule has 2 aliphatic heterocycles. The summed E-state index contributed by atoms with van der Waals surface area (Å²) in [6.07, 6.45) is 3.07. The average Bonchev–Trinajstić information content (AvgIpc) is 3.41. The fourth-order valence-corrected chi connectivity index (χ4v) is 3.88. The second kappa shape index (κ2) is 7.32. The highest BCUT2D eigenvalue weighted by atomic mass is 79.9. The number of Topliss-reactive ketones (excluding diaryl/α,β-unsaturated/α-hetero) is 1. The average molecular weight is 432 g/mol. The number of furan rings is 1. The molecular formula is C20H18BrNO5. The standard InChI is InChI=1S/C20H18BrNO5/c21-13-7-5-12(6-8-13)17-16(18(23)15-4-2-10-27-15)19(24)20(25)22(17)11-14-3-1-9-26-14/h2,4-8,10,14,17,24H,1,3,9,11H2. The molecule has 1 fully saturated rings. The third-order valence-electron chi connectivity index (χ3n) is 4.90. The molecule has 0 bridgehead atoms. The lowest BCUT2D eigenvalue weighted by Crippen LogP contribution is -2.37. The van der Waals surface area contributed by atoms with Gasteiger partial charge in [-0.25, -0.2) is 0 Å². The highest BCUT2D eigenvalue weighted by Crippen LogP contribution is 2.40. The summed E-state index contributed by atoms with van der Waals surface area (Å²) in [5, 5.41) is 10.5. The molecule has 2 atom stereocenters. The minimum atomic E-state index is -0.688. The van der Waals surface area contributed by atoms with Crippen molar-refractivity contribution in [2.24, 2.45) is 0 Å². The zero-order chi connectivity index (χ0) is 19.0. The predicted molar refractivity (Wildman–Crippen MR) is 100 cm³/mol. The largest absolute Gasteiger partial charge is 0.503 e. The lowest BCUT2D eigenvalue weighted by molar-refractivity contribution is -0.131. The predicted octanol–water partition coefficient (Wildman–Crippen LogP) is 3.80. The number of nitrogens with zero attached hydrogens (tertiary/aromatic N) is 1. The van der Waals surface area contributed by atoms with Crippen LogP contribution in [0.2, 0.25) is 0 Å². The number of halogens is 1. The quantitative estimate of drug-likeness (QED) is 0.728. The van der Waals surface area contributed by atoms with E-state index in [1.165, 1.54) is 17.2 Å². The Bertz CT molecular complexity index is 882. The maximum absolute atomic E-state index is 13.0. The number of amides is 1. The van der Waals surface area contributed by atoms with Gasteiger partial charge in [0.2, 0.25) is 5.78 Å². The molecule has 2 aromatic rings. The van der Waals surface area contributed by atoms with Crippen LogP contribution in [-0.2, 0) is 9.53 Å². The Morgan fingerprint density at radius 2 is 2.04 bits per heavy atom. The number of hydrogen-bond donors (Lipinski definition) is 1. The van der Waals surface area contributed by atoms with Crippen LogP contribution < -0.4 is 0 Å². The van der Waals surface area contributed by atoms with Gasteiger partial charge in [-0.1, -0.05) is 28.1 Å². The number of rotatable bonds is 5. The second-order valence-electron chi connectivity index (χ2n) is 6.62. The smallest absolute Gasteiger partial charge is 0.290 e.